The molecule has 2 aliphatic rings. The van der Waals surface area contributed by atoms with Crippen LogP contribution in [0, 0.1) is 63.1 Å². The molecule has 40 heavy (non-hydrogen) atoms. The van der Waals surface area contributed by atoms with Crippen LogP contribution in [0.25, 0.3) is 0 Å². The highest BCUT2D eigenvalue weighted by Crippen LogP contribution is 2.57. The van der Waals surface area contributed by atoms with E-state index in [0.717, 1.165) is 51.4 Å². The average molecular weight is 561 g/mol. The molecule has 0 amide bonds. The van der Waals surface area contributed by atoms with Crippen molar-refractivity contribution < 1.29 is 14.6 Å². The number of hydrogen-bond acceptors (Lipinski definition) is 3. The van der Waals surface area contributed by atoms with Gasteiger partial charge < -0.3 is 9.84 Å². The third-order valence-corrected chi connectivity index (χ3v) is 13.5. The van der Waals surface area contributed by atoms with Crippen molar-refractivity contribution in [3.8, 4) is 0 Å². The zero-order valence-corrected chi connectivity index (χ0v) is 28.9. The molecule has 0 spiro atoms. The number of carbonyl (C=O) groups is 1. The lowest BCUT2D eigenvalue weighted by atomic mass is 9.51. The number of esters is 1. The van der Waals surface area contributed by atoms with Crippen molar-refractivity contribution >= 4 is 5.97 Å². The van der Waals surface area contributed by atoms with Crippen molar-refractivity contribution in [2.45, 2.75) is 154 Å². The van der Waals surface area contributed by atoms with Gasteiger partial charge in [-0.05, 0) is 82.9 Å². The molecule has 0 aliphatic heterocycles. The summed E-state index contributed by atoms with van der Waals surface area (Å²) >= 11 is 0. The second-order valence-corrected chi connectivity index (χ2v) is 16.7. The first-order valence-electron chi connectivity index (χ1n) is 16.8. The smallest absolute Gasteiger partial charge is 0.330 e. The van der Waals surface area contributed by atoms with E-state index in [2.05, 4.69) is 96.6 Å². The van der Waals surface area contributed by atoms with Gasteiger partial charge in [-0.25, -0.2) is 4.79 Å². The fourth-order valence-electron chi connectivity index (χ4n) is 8.24. The maximum Gasteiger partial charge on any atom is 0.330 e. The van der Waals surface area contributed by atoms with Crippen LogP contribution in [0.1, 0.15) is 141 Å². The first-order chi connectivity index (χ1) is 18.3. The summed E-state index contributed by atoms with van der Waals surface area (Å²) in [6.07, 6.45) is 9.57. The Morgan fingerprint density at radius 2 is 1.15 bits per heavy atom. The van der Waals surface area contributed by atoms with Crippen LogP contribution in [0.2, 0.25) is 0 Å². The standard InChI is InChI=1S/C37H68O3/c1-15-31(38)40-33-28(21-26(35(9,10)17-3)23-30(33)37(13,14)19-5)24(6)27-20-25(34(7,8)16-2)22-29(32(27)39)36(11,12)18-4/h15,24-30,32-33,39H,1,16-23H2,2-14H3. The first kappa shape index (κ1) is 35.4. The second-order valence-electron chi connectivity index (χ2n) is 16.7. The molecule has 2 aliphatic carbocycles. The molecule has 2 fully saturated rings. The Balaban J connectivity index is 2.65. The van der Waals surface area contributed by atoms with Gasteiger partial charge in [0.15, 0.2) is 0 Å². The molecular weight excluding hydrogens is 492 g/mol. The largest absolute Gasteiger partial charge is 0.459 e. The quantitative estimate of drug-likeness (QED) is 0.191. The van der Waals surface area contributed by atoms with E-state index in [9.17, 15) is 9.90 Å². The summed E-state index contributed by atoms with van der Waals surface area (Å²) in [5, 5.41) is 12.2. The van der Waals surface area contributed by atoms with Crippen molar-refractivity contribution in [3.63, 3.8) is 0 Å². The third-order valence-electron chi connectivity index (χ3n) is 13.5. The Hall–Kier alpha value is -0.830. The molecule has 0 aromatic rings. The molecule has 0 aromatic carbocycles. The van der Waals surface area contributed by atoms with Gasteiger partial charge in [0.25, 0.3) is 0 Å². The predicted octanol–water partition coefficient (Wildman–Crippen LogP) is 10.1. The minimum Gasteiger partial charge on any atom is -0.459 e. The summed E-state index contributed by atoms with van der Waals surface area (Å²) in [5.41, 5.74) is 0.594. The zero-order valence-electron chi connectivity index (χ0n) is 28.9. The predicted molar refractivity (Wildman–Crippen MR) is 171 cm³/mol. The first-order valence-corrected chi connectivity index (χ1v) is 16.8. The Bertz CT molecular complexity index is 836. The Labute approximate surface area is 249 Å². The number of hydrogen-bond donors (Lipinski definition) is 1. The number of aliphatic hydroxyl groups is 1. The Morgan fingerprint density at radius 1 is 0.750 bits per heavy atom. The van der Waals surface area contributed by atoms with E-state index in [1.165, 1.54) is 6.08 Å². The summed E-state index contributed by atoms with van der Waals surface area (Å²) in [7, 11) is 0. The molecule has 9 atom stereocenters. The van der Waals surface area contributed by atoms with Gasteiger partial charge >= 0.3 is 5.97 Å². The van der Waals surface area contributed by atoms with Crippen LogP contribution in [0.4, 0.5) is 0 Å². The van der Waals surface area contributed by atoms with Crippen LogP contribution in [-0.4, -0.2) is 23.3 Å². The maximum atomic E-state index is 12.8. The van der Waals surface area contributed by atoms with Crippen molar-refractivity contribution in [2.24, 2.45) is 63.1 Å². The molecule has 0 radical (unpaired) electrons. The summed E-state index contributed by atoms with van der Waals surface area (Å²) in [6, 6.07) is 0. The van der Waals surface area contributed by atoms with Crippen molar-refractivity contribution in [3.05, 3.63) is 12.7 Å². The van der Waals surface area contributed by atoms with Crippen molar-refractivity contribution in [1.82, 2.24) is 0 Å². The Morgan fingerprint density at radius 3 is 1.57 bits per heavy atom. The number of carbonyl (C=O) groups excluding carboxylic acids is 1. The molecule has 234 valence electrons. The summed E-state index contributed by atoms with van der Waals surface area (Å²) in [5.74, 6) is 2.07. The summed E-state index contributed by atoms with van der Waals surface area (Å²) in [4.78, 5) is 12.8. The third kappa shape index (κ3) is 7.38. The molecule has 3 nitrogen and oxygen atoms in total. The second kappa shape index (κ2) is 13.2. The molecule has 1 N–H and O–H groups in total. The minimum atomic E-state index is -0.332. The molecule has 3 heteroatoms. The van der Waals surface area contributed by atoms with Gasteiger partial charge in [0.05, 0.1) is 6.10 Å². The van der Waals surface area contributed by atoms with E-state index in [-0.39, 0.29) is 69.4 Å². The van der Waals surface area contributed by atoms with Gasteiger partial charge in [0, 0.05) is 12.0 Å². The summed E-state index contributed by atoms with van der Waals surface area (Å²) in [6.45, 7) is 34.5. The van der Waals surface area contributed by atoms with Gasteiger partial charge in [-0.15, -0.1) is 0 Å². The average Bonchev–Trinajstić information content (AvgIpc) is 2.92. The van der Waals surface area contributed by atoms with Crippen LogP contribution < -0.4 is 0 Å². The van der Waals surface area contributed by atoms with Crippen molar-refractivity contribution in [1.29, 1.82) is 0 Å². The normalized spacial score (nSPS) is 33.4. The monoisotopic (exact) mass is 561 g/mol. The molecule has 0 saturated heterocycles. The number of ether oxygens (including phenoxy) is 1. The Kier molecular flexibility index (Phi) is 11.7. The van der Waals surface area contributed by atoms with Crippen LogP contribution in [-0.2, 0) is 9.53 Å². The van der Waals surface area contributed by atoms with E-state index in [4.69, 9.17) is 4.74 Å². The van der Waals surface area contributed by atoms with Gasteiger partial charge in [-0.3, -0.25) is 0 Å². The lowest BCUT2D eigenvalue weighted by molar-refractivity contribution is -0.171. The van der Waals surface area contributed by atoms with Gasteiger partial charge in [0.1, 0.15) is 6.10 Å². The lowest BCUT2D eigenvalue weighted by Gasteiger charge is -2.56. The fraction of sp³-hybridized carbons (Fsp3) is 0.919. The van der Waals surface area contributed by atoms with Crippen molar-refractivity contribution in [2.75, 3.05) is 0 Å². The van der Waals surface area contributed by atoms with Crippen LogP contribution in [0.5, 0.6) is 0 Å². The van der Waals surface area contributed by atoms with Gasteiger partial charge in [-0.1, -0.05) is 122 Å². The van der Waals surface area contributed by atoms with E-state index < -0.39 is 0 Å². The van der Waals surface area contributed by atoms with Crippen LogP contribution >= 0.6 is 0 Å². The molecule has 2 rings (SSSR count). The van der Waals surface area contributed by atoms with Crippen LogP contribution in [0.3, 0.4) is 0 Å². The molecule has 0 aromatic heterocycles. The van der Waals surface area contributed by atoms with E-state index in [0.29, 0.717) is 11.8 Å². The molecule has 0 heterocycles. The molecule has 2 saturated carbocycles. The van der Waals surface area contributed by atoms with E-state index in [1.54, 1.807) is 0 Å². The summed E-state index contributed by atoms with van der Waals surface area (Å²) < 4.78 is 6.39. The van der Waals surface area contributed by atoms with Gasteiger partial charge in [-0.2, -0.15) is 0 Å². The lowest BCUT2D eigenvalue weighted by Crippen LogP contribution is -2.54. The SMILES string of the molecule is C=CC(=O)OC1C(C(C)C2CC(C(C)(C)CC)CC(C(C)(C)CC)C2O)CC(C(C)(C)CC)CC1C(C)(C)CC. The highest BCUT2D eigenvalue weighted by atomic mass is 16.5. The van der Waals surface area contributed by atoms with Crippen LogP contribution in [0.15, 0.2) is 12.7 Å². The number of aliphatic hydroxyl groups excluding tert-OH is 1. The molecule has 9 unspecified atom stereocenters. The number of rotatable bonds is 12. The highest BCUT2D eigenvalue weighted by Gasteiger charge is 2.54. The van der Waals surface area contributed by atoms with E-state index >= 15 is 0 Å². The van der Waals surface area contributed by atoms with E-state index in [1.807, 2.05) is 0 Å². The maximum absolute atomic E-state index is 12.8. The fourth-order valence-corrected chi connectivity index (χ4v) is 8.24. The highest BCUT2D eigenvalue weighted by molar-refractivity contribution is 5.81. The van der Waals surface area contributed by atoms with Gasteiger partial charge in [0.2, 0.25) is 0 Å². The zero-order chi connectivity index (χ0) is 30.8. The molecular formula is C37H68O3. The minimum absolute atomic E-state index is 0.0528. The topological polar surface area (TPSA) is 46.5 Å². The molecule has 0 bridgehead atoms.